The Morgan fingerprint density at radius 1 is 1.03 bits per heavy atom. The van der Waals surface area contributed by atoms with Gasteiger partial charge in [0, 0.05) is 12.5 Å². The maximum Gasteiger partial charge on any atom is 0.303 e. The highest BCUT2D eigenvalue weighted by Crippen LogP contribution is 2.40. The topological polar surface area (TPSA) is 139 Å². The average molecular weight is 414 g/mol. The van der Waals surface area contributed by atoms with Gasteiger partial charge in [-0.3, -0.25) is 9.59 Å². The minimum atomic E-state index is -1.08. The number of carboxylic acid groups (broad SMARTS) is 2. The van der Waals surface area contributed by atoms with Crippen molar-refractivity contribution < 1.29 is 35.1 Å². The fraction of sp³-hybridized carbons (Fsp3) is 0.619. The van der Waals surface area contributed by atoms with Crippen molar-refractivity contribution in [2.45, 2.75) is 56.5 Å². The number of nitrogens with zero attached hydrogens (tertiary/aromatic N) is 1. The molecule has 1 aromatic carbocycles. The lowest BCUT2D eigenvalue weighted by atomic mass is 9.72. The van der Waals surface area contributed by atoms with Crippen molar-refractivity contribution in [2.75, 3.05) is 27.7 Å². The summed E-state index contributed by atoms with van der Waals surface area (Å²) in [6, 6.07) is 8.17. The number of hydrogen-bond donors (Lipinski definition) is 3. The number of methoxy groups -OCH3 is 1. The lowest BCUT2D eigenvalue weighted by Gasteiger charge is -2.40. The molecular formula is C21H35NO7. The van der Waals surface area contributed by atoms with Crippen LogP contribution in [-0.4, -0.2) is 71.0 Å². The van der Waals surface area contributed by atoms with E-state index in [1.165, 1.54) is 12.0 Å². The Labute approximate surface area is 172 Å². The summed E-state index contributed by atoms with van der Waals surface area (Å²) >= 11 is 0. The Balaban J connectivity index is 0.000000747. The minimum Gasteiger partial charge on any atom is -0.497 e. The smallest absolute Gasteiger partial charge is 0.303 e. The van der Waals surface area contributed by atoms with Crippen LogP contribution in [0, 0.1) is 0 Å². The maximum absolute atomic E-state index is 11.1. The van der Waals surface area contributed by atoms with Gasteiger partial charge in [-0.05, 0) is 44.6 Å². The van der Waals surface area contributed by atoms with Crippen molar-refractivity contribution in [1.82, 2.24) is 4.90 Å². The predicted octanol–water partition coefficient (Wildman–Crippen LogP) is 2.15. The largest absolute Gasteiger partial charge is 0.497 e. The van der Waals surface area contributed by atoms with Gasteiger partial charge in [0.1, 0.15) is 5.75 Å². The quantitative estimate of drug-likeness (QED) is 0.593. The third kappa shape index (κ3) is 9.74. The molecule has 29 heavy (non-hydrogen) atoms. The molecule has 1 fully saturated rings. The van der Waals surface area contributed by atoms with Crippen LogP contribution in [0.3, 0.4) is 0 Å². The lowest BCUT2D eigenvalue weighted by molar-refractivity contribution is -0.143. The second-order valence-corrected chi connectivity index (χ2v) is 7.54. The molecule has 0 heterocycles. The van der Waals surface area contributed by atoms with E-state index < -0.39 is 17.5 Å². The first-order chi connectivity index (χ1) is 13.2. The molecule has 0 radical (unpaired) electrons. The first-order valence-corrected chi connectivity index (χ1v) is 9.62. The number of benzene rings is 1. The van der Waals surface area contributed by atoms with Crippen molar-refractivity contribution in [1.29, 1.82) is 0 Å². The van der Waals surface area contributed by atoms with Crippen LogP contribution in [0.15, 0.2) is 24.3 Å². The van der Waals surface area contributed by atoms with E-state index in [2.05, 4.69) is 31.1 Å². The zero-order chi connectivity index (χ0) is 21.2. The molecule has 0 spiro atoms. The molecule has 2 rings (SSSR count). The van der Waals surface area contributed by atoms with Crippen molar-refractivity contribution in [3.05, 3.63) is 29.8 Å². The first kappa shape index (κ1) is 26.8. The first-order valence-electron chi connectivity index (χ1n) is 9.62. The number of aliphatic carboxylic acids is 2. The number of ether oxygens (including phenoxy) is 1. The number of rotatable bonds is 8. The maximum atomic E-state index is 11.1. The van der Waals surface area contributed by atoms with Crippen LogP contribution in [-0.2, 0) is 9.59 Å². The lowest BCUT2D eigenvalue weighted by Crippen LogP contribution is -2.42. The number of carbonyl (C=O) groups is 2. The van der Waals surface area contributed by atoms with Gasteiger partial charge in [0.2, 0.25) is 0 Å². The molecule has 0 saturated heterocycles. The zero-order valence-electron chi connectivity index (χ0n) is 17.6. The van der Waals surface area contributed by atoms with Gasteiger partial charge < -0.3 is 30.4 Å². The summed E-state index contributed by atoms with van der Waals surface area (Å²) < 4.78 is 5.23. The monoisotopic (exact) mass is 413 g/mol. The molecule has 0 aliphatic heterocycles. The van der Waals surface area contributed by atoms with Crippen LogP contribution in [0.4, 0.5) is 0 Å². The molecule has 0 bridgehead atoms. The van der Waals surface area contributed by atoms with Gasteiger partial charge in [0.15, 0.2) is 0 Å². The molecule has 0 aromatic heterocycles. The molecule has 8 heteroatoms. The van der Waals surface area contributed by atoms with Crippen molar-refractivity contribution in [2.24, 2.45) is 0 Å². The summed E-state index contributed by atoms with van der Waals surface area (Å²) in [5.74, 6) is -1.11. The van der Waals surface area contributed by atoms with Gasteiger partial charge in [-0.2, -0.15) is 0 Å². The summed E-state index contributed by atoms with van der Waals surface area (Å²) in [7, 11) is 5.83. The Hall–Kier alpha value is -2.16. The second-order valence-electron chi connectivity index (χ2n) is 7.54. The van der Waals surface area contributed by atoms with Crippen molar-refractivity contribution in [3.8, 4) is 5.75 Å². The standard InChI is InChI=1S/C17H27NO2.C4H6O4.H2O/c1-18(2)13-16(17(19)11-5-4-6-12-17)14-7-9-15(20-3)10-8-14;5-3(6)1-2-4(7)8;/h7-10,16,19H,4-6,11-13H2,1-3H3;1-2H2,(H,5,6)(H,7,8);1H2. The van der Waals surface area contributed by atoms with Gasteiger partial charge in [-0.25, -0.2) is 0 Å². The average Bonchev–Trinajstić information content (AvgIpc) is 2.65. The summed E-state index contributed by atoms with van der Waals surface area (Å²) in [4.78, 5) is 21.4. The van der Waals surface area contributed by atoms with Crippen molar-refractivity contribution in [3.63, 3.8) is 0 Å². The summed E-state index contributed by atoms with van der Waals surface area (Å²) in [6.45, 7) is 0.878. The van der Waals surface area contributed by atoms with Gasteiger partial charge in [0.25, 0.3) is 0 Å². The highest BCUT2D eigenvalue weighted by molar-refractivity contribution is 5.75. The Morgan fingerprint density at radius 3 is 1.90 bits per heavy atom. The minimum absolute atomic E-state index is 0. The van der Waals surface area contributed by atoms with E-state index in [-0.39, 0.29) is 24.2 Å². The fourth-order valence-corrected chi connectivity index (χ4v) is 3.51. The van der Waals surface area contributed by atoms with Crippen LogP contribution in [0.25, 0.3) is 0 Å². The molecule has 1 aromatic rings. The van der Waals surface area contributed by atoms with E-state index in [4.69, 9.17) is 14.9 Å². The van der Waals surface area contributed by atoms with Gasteiger partial charge in [-0.1, -0.05) is 31.4 Å². The Bertz CT molecular complexity index is 596. The normalized spacial score (nSPS) is 16.0. The van der Waals surface area contributed by atoms with E-state index in [9.17, 15) is 14.7 Å². The Kier molecular flexibility index (Phi) is 12.2. The number of carboxylic acids is 2. The van der Waals surface area contributed by atoms with E-state index in [0.717, 1.165) is 38.0 Å². The number of hydrogen-bond acceptors (Lipinski definition) is 5. The molecule has 1 saturated carbocycles. The molecule has 166 valence electrons. The van der Waals surface area contributed by atoms with Crippen LogP contribution < -0.4 is 4.74 Å². The van der Waals surface area contributed by atoms with E-state index in [1.54, 1.807) is 7.11 Å². The molecule has 1 unspecified atom stereocenters. The summed E-state index contributed by atoms with van der Waals surface area (Å²) in [5.41, 5.74) is 0.654. The third-order valence-corrected chi connectivity index (χ3v) is 4.99. The molecule has 0 amide bonds. The molecule has 5 N–H and O–H groups in total. The van der Waals surface area contributed by atoms with Crippen molar-refractivity contribution >= 4 is 11.9 Å². The number of likely N-dealkylation sites (N-methyl/N-ethyl adjacent to an activating group) is 1. The molecule has 1 aliphatic rings. The zero-order valence-corrected chi connectivity index (χ0v) is 17.6. The van der Waals surface area contributed by atoms with Gasteiger partial charge in [-0.15, -0.1) is 0 Å². The fourth-order valence-electron chi connectivity index (χ4n) is 3.51. The third-order valence-electron chi connectivity index (χ3n) is 4.99. The SMILES string of the molecule is COc1ccc(C(CN(C)C)C2(O)CCCCC2)cc1.O.O=C(O)CCC(=O)O. The molecule has 8 nitrogen and oxygen atoms in total. The van der Waals surface area contributed by atoms with Crippen LogP contribution in [0.2, 0.25) is 0 Å². The Morgan fingerprint density at radius 2 is 1.52 bits per heavy atom. The summed E-state index contributed by atoms with van der Waals surface area (Å²) in [6.07, 6.45) is 4.76. The molecular weight excluding hydrogens is 378 g/mol. The highest BCUT2D eigenvalue weighted by Gasteiger charge is 2.38. The van der Waals surface area contributed by atoms with E-state index in [1.807, 2.05) is 12.1 Å². The predicted molar refractivity (Wildman–Crippen MR) is 110 cm³/mol. The van der Waals surface area contributed by atoms with Gasteiger partial charge in [0.05, 0.1) is 25.6 Å². The van der Waals surface area contributed by atoms with Crippen LogP contribution in [0.5, 0.6) is 5.75 Å². The second kappa shape index (κ2) is 13.1. The number of aliphatic hydroxyl groups is 1. The summed E-state index contributed by atoms with van der Waals surface area (Å²) in [5, 5.41) is 26.9. The molecule has 1 aliphatic carbocycles. The van der Waals surface area contributed by atoms with Crippen LogP contribution in [0.1, 0.15) is 56.4 Å². The van der Waals surface area contributed by atoms with E-state index >= 15 is 0 Å². The van der Waals surface area contributed by atoms with Crippen LogP contribution >= 0.6 is 0 Å². The van der Waals surface area contributed by atoms with E-state index in [0.29, 0.717) is 0 Å². The molecule has 1 atom stereocenters. The van der Waals surface area contributed by atoms with Gasteiger partial charge >= 0.3 is 11.9 Å². The highest BCUT2D eigenvalue weighted by atomic mass is 16.5.